The molecule has 1 aliphatic heterocycles. The van der Waals surface area contributed by atoms with Crippen molar-refractivity contribution in [2.45, 2.75) is 27.7 Å². The zero-order chi connectivity index (χ0) is 20.3. The van der Waals surface area contributed by atoms with Crippen LogP contribution in [0.25, 0.3) is 6.08 Å². The van der Waals surface area contributed by atoms with Crippen LogP contribution in [0.1, 0.15) is 30.5 Å². The Morgan fingerprint density at radius 1 is 1.14 bits per heavy atom. The number of amidine groups is 1. The molecule has 1 fully saturated rings. The van der Waals surface area contributed by atoms with Crippen molar-refractivity contribution in [1.29, 1.82) is 0 Å². The minimum Gasteiger partial charge on any atom is -0.504 e. The summed E-state index contributed by atoms with van der Waals surface area (Å²) in [5.41, 5.74) is 4.01. The van der Waals surface area contributed by atoms with Crippen LogP contribution < -0.4 is 4.74 Å². The summed E-state index contributed by atoms with van der Waals surface area (Å²) in [5, 5.41) is 10.5. The van der Waals surface area contributed by atoms with Crippen LogP contribution in [0, 0.1) is 13.8 Å². The number of aryl methyl sites for hydroxylation is 2. The first kappa shape index (κ1) is 20.0. The maximum atomic E-state index is 12.8. The van der Waals surface area contributed by atoms with E-state index < -0.39 is 0 Å². The molecule has 1 saturated heterocycles. The standard InChI is InChI=1S/C22H24N2O3S/c1-5-24-21(26)20(13-16-8-10-18(25)19(12-16)27-6-2)28-22(24)23-17-9-7-14(3)15(4)11-17/h7-13,25H,5-6H2,1-4H3/b20-13+,23-22?. The highest BCUT2D eigenvalue weighted by Gasteiger charge is 2.32. The molecule has 0 atom stereocenters. The first-order chi connectivity index (χ1) is 13.4. The van der Waals surface area contributed by atoms with Gasteiger partial charge in [0, 0.05) is 6.54 Å². The first-order valence-corrected chi connectivity index (χ1v) is 10.1. The van der Waals surface area contributed by atoms with Gasteiger partial charge in [0.25, 0.3) is 5.91 Å². The van der Waals surface area contributed by atoms with E-state index in [9.17, 15) is 9.90 Å². The number of thioether (sulfide) groups is 1. The molecule has 1 heterocycles. The number of carbonyl (C=O) groups excluding carboxylic acids is 1. The topological polar surface area (TPSA) is 62.1 Å². The summed E-state index contributed by atoms with van der Waals surface area (Å²) in [6.07, 6.45) is 1.81. The van der Waals surface area contributed by atoms with Gasteiger partial charge in [0.1, 0.15) is 0 Å². The van der Waals surface area contributed by atoms with Crippen molar-refractivity contribution in [2.24, 2.45) is 4.99 Å². The van der Waals surface area contributed by atoms with Crippen molar-refractivity contribution in [3.05, 3.63) is 58.0 Å². The fourth-order valence-corrected chi connectivity index (χ4v) is 3.88. The largest absolute Gasteiger partial charge is 0.504 e. The second kappa shape index (κ2) is 8.52. The molecular formula is C22H24N2O3S. The van der Waals surface area contributed by atoms with Crippen molar-refractivity contribution in [2.75, 3.05) is 13.2 Å². The highest BCUT2D eigenvalue weighted by Crippen LogP contribution is 2.35. The van der Waals surface area contributed by atoms with E-state index in [1.165, 1.54) is 22.9 Å². The number of phenols is 1. The number of ether oxygens (including phenoxy) is 1. The Morgan fingerprint density at radius 3 is 2.61 bits per heavy atom. The Morgan fingerprint density at radius 2 is 1.93 bits per heavy atom. The minimum absolute atomic E-state index is 0.0684. The molecule has 3 rings (SSSR count). The molecule has 0 unspecified atom stereocenters. The van der Waals surface area contributed by atoms with Crippen LogP contribution in [-0.4, -0.2) is 34.2 Å². The Hall–Kier alpha value is -2.73. The lowest BCUT2D eigenvalue weighted by atomic mass is 10.1. The number of likely N-dealkylation sites (N-methyl/N-ethyl adjacent to an activating group) is 1. The SMILES string of the molecule is CCOc1cc(/C=C2/SC(=Nc3ccc(C)c(C)c3)N(CC)C2=O)ccc1O. The van der Waals surface area contributed by atoms with E-state index in [2.05, 4.69) is 13.8 Å². The predicted molar refractivity (Wildman–Crippen MR) is 115 cm³/mol. The highest BCUT2D eigenvalue weighted by atomic mass is 32.2. The van der Waals surface area contributed by atoms with Gasteiger partial charge < -0.3 is 9.84 Å². The Balaban J connectivity index is 1.93. The zero-order valence-electron chi connectivity index (χ0n) is 16.5. The van der Waals surface area contributed by atoms with Crippen molar-refractivity contribution in [3.63, 3.8) is 0 Å². The molecule has 28 heavy (non-hydrogen) atoms. The third-order valence-corrected chi connectivity index (χ3v) is 5.51. The second-order valence-electron chi connectivity index (χ2n) is 6.48. The summed E-state index contributed by atoms with van der Waals surface area (Å²) in [5.74, 6) is 0.423. The quantitative estimate of drug-likeness (QED) is 0.720. The molecule has 1 aliphatic rings. The van der Waals surface area contributed by atoms with E-state index in [0.29, 0.717) is 29.0 Å². The minimum atomic E-state index is -0.0684. The number of amides is 1. The van der Waals surface area contributed by atoms with Crippen LogP contribution in [0.2, 0.25) is 0 Å². The molecule has 1 N–H and O–H groups in total. The van der Waals surface area contributed by atoms with Crippen molar-refractivity contribution in [1.82, 2.24) is 4.90 Å². The molecule has 0 aromatic heterocycles. The number of hydrogen-bond donors (Lipinski definition) is 1. The van der Waals surface area contributed by atoms with Gasteiger partial charge in [0.05, 0.1) is 17.2 Å². The van der Waals surface area contributed by atoms with Crippen LogP contribution in [0.4, 0.5) is 5.69 Å². The fraction of sp³-hybridized carbons (Fsp3) is 0.273. The summed E-state index contributed by atoms with van der Waals surface area (Å²) in [6.45, 7) is 8.91. The molecule has 2 aromatic rings. The van der Waals surface area contributed by atoms with E-state index in [-0.39, 0.29) is 11.7 Å². The van der Waals surface area contributed by atoms with Gasteiger partial charge >= 0.3 is 0 Å². The molecular weight excluding hydrogens is 372 g/mol. The van der Waals surface area contributed by atoms with Crippen molar-refractivity contribution < 1.29 is 14.6 Å². The van der Waals surface area contributed by atoms with Crippen LogP contribution in [0.5, 0.6) is 11.5 Å². The number of aromatic hydroxyl groups is 1. The van der Waals surface area contributed by atoms with Gasteiger partial charge in [-0.25, -0.2) is 4.99 Å². The number of carbonyl (C=O) groups is 1. The van der Waals surface area contributed by atoms with Crippen LogP contribution in [-0.2, 0) is 4.79 Å². The summed E-state index contributed by atoms with van der Waals surface area (Å²) < 4.78 is 5.43. The Labute approximate surface area is 169 Å². The van der Waals surface area contributed by atoms with E-state index in [4.69, 9.17) is 9.73 Å². The molecule has 0 bridgehead atoms. The molecule has 2 aromatic carbocycles. The zero-order valence-corrected chi connectivity index (χ0v) is 17.3. The van der Waals surface area contributed by atoms with E-state index >= 15 is 0 Å². The molecule has 5 nitrogen and oxygen atoms in total. The maximum Gasteiger partial charge on any atom is 0.266 e. The predicted octanol–water partition coefficient (Wildman–Crippen LogP) is 5.03. The molecule has 0 radical (unpaired) electrons. The second-order valence-corrected chi connectivity index (χ2v) is 7.49. The summed E-state index contributed by atoms with van der Waals surface area (Å²) in [6, 6.07) is 11.1. The first-order valence-electron chi connectivity index (χ1n) is 9.26. The fourth-order valence-electron chi connectivity index (χ4n) is 2.82. The smallest absolute Gasteiger partial charge is 0.266 e. The van der Waals surface area contributed by atoms with Gasteiger partial charge in [-0.2, -0.15) is 0 Å². The average Bonchev–Trinajstić information content (AvgIpc) is 2.95. The lowest BCUT2D eigenvalue weighted by Gasteiger charge is -2.12. The van der Waals surface area contributed by atoms with Gasteiger partial charge in [-0.1, -0.05) is 12.1 Å². The number of phenolic OH excluding ortho intramolecular Hbond substituents is 1. The van der Waals surface area contributed by atoms with Gasteiger partial charge in [-0.3, -0.25) is 9.69 Å². The summed E-state index contributed by atoms with van der Waals surface area (Å²) in [4.78, 5) is 19.8. The molecule has 0 saturated carbocycles. The van der Waals surface area contributed by atoms with Crippen LogP contribution >= 0.6 is 11.8 Å². The van der Waals surface area contributed by atoms with Crippen molar-refractivity contribution in [3.8, 4) is 11.5 Å². The third-order valence-electron chi connectivity index (χ3n) is 4.50. The van der Waals surface area contributed by atoms with Gasteiger partial charge in [-0.15, -0.1) is 0 Å². The number of benzene rings is 2. The molecule has 1 amide bonds. The number of aliphatic imine (C=N–C) groups is 1. The van der Waals surface area contributed by atoms with E-state index in [0.717, 1.165) is 11.3 Å². The number of hydrogen-bond acceptors (Lipinski definition) is 5. The van der Waals surface area contributed by atoms with E-state index in [1.54, 1.807) is 29.2 Å². The van der Waals surface area contributed by atoms with Crippen molar-refractivity contribution >= 4 is 34.6 Å². The Bertz CT molecular complexity index is 966. The molecule has 0 aliphatic carbocycles. The highest BCUT2D eigenvalue weighted by molar-refractivity contribution is 8.18. The van der Waals surface area contributed by atoms with Crippen LogP contribution in [0.3, 0.4) is 0 Å². The molecule has 146 valence electrons. The van der Waals surface area contributed by atoms with Gasteiger partial charge in [0.15, 0.2) is 16.7 Å². The molecule has 0 spiro atoms. The summed E-state index contributed by atoms with van der Waals surface area (Å²) in [7, 11) is 0. The monoisotopic (exact) mass is 396 g/mol. The lowest BCUT2D eigenvalue weighted by Crippen LogP contribution is -2.28. The average molecular weight is 397 g/mol. The summed E-state index contributed by atoms with van der Waals surface area (Å²) >= 11 is 1.36. The number of rotatable bonds is 5. The van der Waals surface area contributed by atoms with Gasteiger partial charge in [0.2, 0.25) is 0 Å². The normalized spacial score (nSPS) is 17.0. The number of nitrogens with zero attached hydrogens (tertiary/aromatic N) is 2. The Kier molecular flexibility index (Phi) is 6.09. The van der Waals surface area contributed by atoms with Gasteiger partial charge in [-0.05, 0) is 86.5 Å². The molecule has 6 heteroatoms. The van der Waals surface area contributed by atoms with E-state index in [1.807, 2.05) is 32.0 Å². The maximum absolute atomic E-state index is 12.8. The van der Waals surface area contributed by atoms with Crippen LogP contribution in [0.15, 0.2) is 46.3 Å². The third kappa shape index (κ3) is 4.22. The lowest BCUT2D eigenvalue weighted by molar-refractivity contribution is -0.122.